The summed E-state index contributed by atoms with van der Waals surface area (Å²) in [7, 11) is 0. The summed E-state index contributed by atoms with van der Waals surface area (Å²) in [6.07, 6.45) is 4.06. The lowest BCUT2D eigenvalue weighted by Gasteiger charge is -2.28. The standard InChI is InChI=1S/C21H23NO4/c1-13-4-3-9-22(11-13)12-17-18(23)8-7-16-20(24)19(26-21(16)17)10-15-6-5-14(2)25-15/h5-8,10,13,23H,3-4,9,11-12H2,1-2H3/p+1/b19-10-/t13-/m0/s1. The van der Waals surface area contributed by atoms with Crippen LogP contribution in [-0.4, -0.2) is 24.0 Å². The molecule has 0 saturated carbocycles. The van der Waals surface area contributed by atoms with Crippen LogP contribution < -0.4 is 9.64 Å². The average molecular weight is 354 g/mol. The second-order valence-electron chi connectivity index (χ2n) is 7.46. The van der Waals surface area contributed by atoms with Gasteiger partial charge in [-0.1, -0.05) is 6.92 Å². The van der Waals surface area contributed by atoms with Crippen LogP contribution >= 0.6 is 0 Å². The van der Waals surface area contributed by atoms with E-state index in [1.165, 1.54) is 17.7 Å². The van der Waals surface area contributed by atoms with Crippen LogP contribution in [-0.2, 0) is 6.54 Å². The molecular weight excluding hydrogens is 330 g/mol. The van der Waals surface area contributed by atoms with Gasteiger partial charge >= 0.3 is 0 Å². The zero-order valence-electron chi connectivity index (χ0n) is 15.2. The van der Waals surface area contributed by atoms with Gasteiger partial charge in [-0.05, 0) is 44.0 Å². The molecule has 2 atom stereocenters. The molecule has 3 heterocycles. The van der Waals surface area contributed by atoms with E-state index < -0.39 is 0 Å². The van der Waals surface area contributed by atoms with Crippen LogP contribution in [0.1, 0.15) is 47.2 Å². The largest absolute Gasteiger partial charge is 0.507 e. The highest BCUT2D eigenvalue weighted by molar-refractivity contribution is 6.14. The average Bonchev–Trinajstić information content (AvgIpc) is 3.15. The van der Waals surface area contributed by atoms with Crippen molar-refractivity contribution in [1.29, 1.82) is 0 Å². The predicted molar refractivity (Wildman–Crippen MR) is 97.3 cm³/mol. The number of fused-ring (bicyclic) bond motifs is 1. The number of likely N-dealkylation sites (tertiary alicyclic amines) is 1. The molecule has 1 unspecified atom stereocenters. The number of aromatic hydroxyl groups is 1. The third-order valence-electron chi connectivity index (χ3n) is 5.24. The minimum atomic E-state index is -0.169. The predicted octanol–water partition coefficient (Wildman–Crippen LogP) is 2.72. The number of allylic oxidation sites excluding steroid dienone is 1. The second-order valence-corrected chi connectivity index (χ2v) is 7.46. The Balaban J connectivity index is 1.64. The number of carbonyl (C=O) groups is 1. The monoisotopic (exact) mass is 354 g/mol. The summed E-state index contributed by atoms with van der Waals surface area (Å²) in [4.78, 5) is 14.1. The van der Waals surface area contributed by atoms with Gasteiger partial charge in [0, 0.05) is 12.0 Å². The molecule has 0 aliphatic carbocycles. The van der Waals surface area contributed by atoms with E-state index in [0.717, 1.165) is 24.4 Å². The quantitative estimate of drug-likeness (QED) is 0.832. The normalized spacial score (nSPS) is 23.9. The molecule has 0 radical (unpaired) electrons. The molecule has 5 heteroatoms. The number of rotatable bonds is 3. The molecule has 1 saturated heterocycles. The van der Waals surface area contributed by atoms with Crippen LogP contribution in [0.4, 0.5) is 0 Å². The van der Waals surface area contributed by atoms with Gasteiger partial charge in [-0.15, -0.1) is 0 Å². The highest BCUT2D eigenvalue weighted by Crippen LogP contribution is 2.39. The number of furan rings is 1. The maximum Gasteiger partial charge on any atom is 0.232 e. The second kappa shape index (κ2) is 6.65. The van der Waals surface area contributed by atoms with Gasteiger partial charge < -0.3 is 19.2 Å². The molecule has 1 aromatic carbocycles. The lowest BCUT2D eigenvalue weighted by atomic mass is 9.99. The zero-order valence-corrected chi connectivity index (χ0v) is 15.2. The lowest BCUT2D eigenvalue weighted by molar-refractivity contribution is -0.922. The first-order valence-electron chi connectivity index (χ1n) is 9.20. The molecule has 2 N–H and O–H groups in total. The first kappa shape index (κ1) is 16.9. The van der Waals surface area contributed by atoms with Crippen molar-refractivity contribution in [3.63, 3.8) is 0 Å². The number of hydrogen-bond donors (Lipinski definition) is 2. The van der Waals surface area contributed by atoms with Crippen LogP contribution in [0.5, 0.6) is 11.5 Å². The van der Waals surface area contributed by atoms with Crippen molar-refractivity contribution in [2.24, 2.45) is 5.92 Å². The van der Waals surface area contributed by atoms with Crippen LogP contribution in [0.15, 0.2) is 34.4 Å². The number of ether oxygens (including phenoxy) is 1. The van der Waals surface area contributed by atoms with Crippen LogP contribution in [0, 0.1) is 12.8 Å². The smallest absolute Gasteiger partial charge is 0.232 e. The summed E-state index contributed by atoms with van der Waals surface area (Å²) in [5, 5.41) is 10.4. The molecule has 4 rings (SSSR count). The Morgan fingerprint density at radius 1 is 1.31 bits per heavy atom. The summed E-state index contributed by atoms with van der Waals surface area (Å²) in [5.74, 6) is 2.80. The summed E-state index contributed by atoms with van der Waals surface area (Å²) in [6.45, 7) is 6.94. The molecule has 26 heavy (non-hydrogen) atoms. The highest BCUT2D eigenvalue weighted by Gasteiger charge is 2.33. The van der Waals surface area contributed by atoms with E-state index in [1.807, 2.05) is 13.0 Å². The minimum Gasteiger partial charge on any atom is -0.507 e. The maximum absolute atomic E-state index is 12.7. The molecule has 2 aromatic rings. The number of benzene rings is 1. The Hall–Kier alpha value is -2.53. The Bertz CT molecular complexity index is 880. The number of phenolic OH excluding ortho intramolecular Hbond substituents is 1. The van der Waals surface area contributed by atoms with E-state index in [1.54, 1.807) is 24.3 Å². The van der Waals surface area contributed by atoms with E-state index in [9.17, 15) is 9.90 Å². The highest BCUT2D eigenvalue weighted by atomic mass is 16.5. The fraction of sp³-hybridized carbons (Fsp3) is 0.381. The third-order valence-corrected chi connectivity index (χ3v) is 5.24. The van der Waals surface area contributed by atoms with E-state index in [4.69, 9.17) is 9.15 Å². The SMILES string of the molecule is Cc1ccc(/C=C2\Oc3c(ccc(O)c3C[NH+]3CCC[C@H](C)C3)C2=O)o1. The number of quaternary nitrogens is 1. The number of Topliss-reactive ketones (excluding diaryl/α,β-unsaturated/α-hetero) is 1. The number of hydrogen-bond acceptors (Lipinski definition) is 4. The first-order chi connectivity index (χ1) is 12.5. The van der Waals surface area contributed by atoms with Crippen LogP contribution in [0.25, 0.3) is 6.08 Å². The van der Waals surface area contributed by atoms with Gasteiger partial charge in [-0.25, -0.2) is 0 Å². The fourth-order valence-corrected chi connectivity index (χ4v) is 3.94. The van der Waals surface area contributed by atoms with Crippen molar-refractivity contribution in [1.82, 2.24) is 0 Å². The maximum atomic E-state index is 12.7. The first-order valence-corrected chi connectivity index (χ1v) is 9.20. The zero-order chi connectivity index (χ0) is 18.3. The van der Waals surface area contributed by atoms with Gasteiger partial charge in [0.05, 0.1) is 24.2 Å². The third kappa shape index (κ3) is 3.15. The fourth-order valence-electron chi connectivity index (χ4n) is 3.94. The number of phenols is 1. The van der Waals surface area contributed by atoms with Crippen molar-refractivity contribution in [2.45, 2.75) is 33.2 Å². The van der Waals surface area contributed by atoms with Gasteiger partial charge in [-0.2, -0.15) is 0 Å². The van der Waals surface area contributed by atoms with Crippen molar-refractivity contribution in [3.8, 4) is 11.5 Å². The number of ketones is 1. The van der Waals surface area contributed by atoms with Crippen molar-refractivity contribution in [3.05, 3.63) is 52.7 Å². The molecule has 0 amide bonds. The topological polar surface area (TPSA) is 64.1 Å². The molecule has 0 bridgehead atoms. The molecule has 1 aromatic heterocycles. The van der Waals surface area contributed by atoms with Gasteiger partial charge in [0.25, 0.3) is 0 Å². The Morgan fingerprint density at radius 3 is 2.88 bits per heavy atom. The molecule has 2 aliphatic heterocycles. The van der Waals surface area contributed by atoms with E-state index in [0.29, 0.717) is 29.5 Å². The molecule has 136 valence electrons. The van der Waals surface area contributed by atoms with E-state index in [2.05, 4.69) is 6.92 Å². The molecule has 5 nitrogen and oxygen atoms in total. The summed E-state index contributed by atoms with van der Waals surface area (Å²) in [5.41, 5.74) is 1.23. The van der Waals surface area contributed by atoms with Crippen molar-refractivity contribution < 1.29 is 24.0 Å². The number of nitrogens with one attached hydrogen (secondary N) is 1. The lowest BCUT2D eigenvalue weighted by Crippen LogP contribution is -3.12. The van der Waals surface area contributed by atoms with Gasteiger partial charge in [-0.3, -0.25) is 4.79 Å². The van der Waals surface area contributed by atoms with Crippen LogP contribution in [0.3, 0.4) is 0 Å². The van der Waals surface area contributed by atoms with Gasteiger partial charge in [0.1, 0.15) is 23.8 Å². The van der Waals surface area contributed by atoms with Crippen LogP contribution in [0.2, 0.25) is 0 Å². The Morgan fingerprint density at radius 2 is 2.15 bits per heavy atom. The Kier molecular flexibility index (Phi) is 4.32. The van der Waals surface area contributed by atoms with E-state index >= 15 is 0 Å². The summed E-state index contributed by atoms with van der Waals surface area (Å²) >= 11 is 0. The van der Waals surface area contributed by atoms with Gasteiger partial charge in [0.2, 0.25) is 5.78 Å². The minimum absolute atomic E-state index is 0.169. The summed E-state index contributed by atoms with van der Waals surface area (Å²) < 4.78 is 11.4. The van der Waals surface area contributed by atoms with Crippen molar-refractivity contribution >= 4 is 11.9 Å². The molecule has 1 fully saturated rings. The number of aryl methyl sites for hydroxylation is 1. The molecular formula is C21H24NO4+. The summed E-state index contributed by atoms with van der Waals surface area (Å²) in [6, 6.07) is 6.89. The van der Waals surface area contributed by atoms with Crippen molar-refractivity contribution in [2.75, 3.05) is 13.1 Å². The Labute approximate surface area is 152 Å². The molecule has 0 spiro atoms. The number of carbonyl (C=O) groups excluding carboxylic acids is 1. The number of piperidine rings is 1. The van der Waals surface area contributed by atoms with Gasteiger partial charge in [0.15, 0.2) is 11.5 Å². The van der Waals surface area contributed by atoms with E-state index in [-0.39, 0.29) is 17.3 Å². The molecule has 2 aliphatic rings.